The molecule has 2 rings (SSSR count). The van der Waals surface area contributed by atoms with Gasteiger partial charge in [-0.2, -0.15) is 5.10 Å². The van der Waals surface area contributed by atoms with E-state index >= 15 is 0 Å². The molecule has 0 saturated heterocycles. The molecule has 0 bridgehead atoms. The molecule has 1 heterocycles. The van der Waals surface area contributed by atoms with Crippen LogP contribution < -0.4 is 5.32 Å². The number of rotatable bonds is 3. The van der Waals surface area contributed by atoms with Gasteiger partial charge in [0, 0.05) is 26.0 Å². The minimum Gasteiger partial charge on any atom is -0.346 e. The molecule has 0 aliphatic rings. The summed E-state index contributed by atoms with van der Waals surface area (Å²) in [6, 6.07) is 8.30. The van der Waals surface area contributed by atoms with Crippen LogP contribution >= 0.6 is 12.2 Å². The molecular formula is C15H20N4S. The lowest BCUT2D eigenvalue weighted by molar-refractivity contribution is 0.495. The van der Waals surface area contributed by atoms with E-state index in [0.717, 1.165) is 11.4 Å². The van der Waals surface area contributed by atoms with Crippen LogP contribution in [0.25, 0.3) is 0 Å². The number of hydrogen-bond acceptors (Lipinski definition) is 2. The van der Waals surface area contributed by atoms with Gasteiger partial charge in [0.2, 0.25) is 0 Å². The second kappa shape index (κ2) is 6.05. The van der Waals surface area contributed by atoms with Crippen molar-refractivity contribution in [3.63, 3.8) is 0 Å². The average Bonchev–Trinajstić information content (AvgIpc) is 2.79. The number of aryl methyl sites for hydroxylation is 3. The van der Waals surface area contributed by atoms with E-state index in [-0.39, 0.29) is 0 Å². The van der Waals surface area contributed by atoms with Crippen molar-refractivity contribution in [1.82, 2.24) is 14.7 Å². The summed E-state index contributed by atoms with van der Waals surface area (Å²) in [7, 11) is 3.88. The lowest BCUT2D eigenvalue weighted by Crippen LogP contribution is -2.31. The predicted molar refractivity (Wildman–Crippen MR) is 86.8 cm³/mol. The second-order valence-corrected chi connectivity index (χ2v) is 5.47. The number of thiocarbonyl (C=S) groups is 1. The average molecular weight is 288 g/mol. The van der Waals surface area contributed by atoms with Crippen molar-refractivity contribution in [2.75, 3.05) is 12.4 Å². The molecule has 1 aromatic heterocycles. The first-order valence-electron chi connectivity index (χ1n) is 6.53. The van der Waals surface area contributed by atoms with E-state index in [2.05, 4.69) is 42.5 Å². The van der Waals surface area contributed by atoms with Crippen LogP contribution in [0, 0.1) is 13.8 Å². The van der Waals surface area contributed by atoms with E-state index in [0.29, 0.717) is 11.7 Å². The highest BCUT2D eigenvalue weighted by Crippen LogP contribution is 2.17. The molecule has 0 amide bonds. The number of anilines is 1. The maximum atomic E-state index is 5.45. The second-order valence-electron chi connectivity index (χ2n) is 5.09. The van der Waals surface area contributed by atoms with Gasteiger partial charge in [-0.25, -0.2) is 0 Å². The SMILES string of the molecule is Cc1ccc(C)c(NC(=S)N(C)Cc2ccn(C)n2)c1. The van der Waals surface area contributed by atoms with Crippen molar-refractivity contribution in [2.45, 2.75) is 20.4 Å². The highest BCUT2D eigenvalue weighted by Gasteiger charge is 2.08. The summed E-state index contributed by atoms with van der Waals surface area (Å²) in [5.74, 6) is 0. The summed E-state index contributed by atoms with van der Waals surface area (Å²) < 4.78 is 1.80. The van der Waals surface area contributed by atoms with Crippen molar-refractivity contribution >= 4 is 23.0 Å². The van der Waals surface area contributed by atoms with Crippen molar-refractivity contribution in [2.24, 2.45) is 7.05 Å². The first-order valence-corrected chi connectivity index (χ1v) is 6.94. The third-order valence-electron chi connectivity index (χ3n) is 3.15. The molecule has 20 heavy (non-hydrogen) atoms. The number of hydrogen-bond donors (Lipinski definition) is 1. The normalized spacial score (nSPS) is 10.4. The molecular weight excluding hydrogens is 268 g/mol. The van der Waals surface area contributed by atoms with E-state index in [9.17, 15) is 0 Å². The maximum absolute atomic E-state index is 5.45. The zero-order valence-corrected chi connectivity index (χ0v) is 13.2. The first-order chi connectivity index (χ1) is 9.45. The molecule has 106 valence electrons. The van der Waals surface area contributed by atoms with Crippen LogP contribution in [0.15, 0.2) is 30.5 Å². The highest BCUT2D eigenvalue weighted by atomic mass is 32.1. The molecule has 0 aliphatic heterocycles. The summed E-state index contributed by atoms with van der Waals surface area (Å²) in [5, 5.41) is 8.36. The van der Waals surface area contributed by atoms with Gasteiger partial charge in [-0.05, 0) is 49.3 Å². The molecule has 4 nitrogen and oxygen atoms in total. The van der Waals surface area contributed by atoms with Crippen molar-refractivity contribution in [3.8, 4) is 0 Å². The third-order valence-corrected chi connectivity index (χ3v) is 3.56. The van der Waals surface area contributed by atoms with Crippen LogP contribution in [-0.4, -0.2) is 26.8 Å². The Balaban J connectivity index is 2.02. The van der Waals surface area contributed by atoms with Crippen LogP contribution in [0.1, 0.15) is 16.8 Å². The Morgan fingerprint density at radius 2 is 2.10 bits per heavy atom. The Labute approximate surface area is 125 Å². The van der Waals surface area contributed by atoms with Crippen LogP contribution in [0.2, 0.25) is 0 Å². The van der Waals surface area contributed by atoms with Gasteiger partial charge in [0.25, 0.3) is 0 Å². The largest absolute Gasteiger partial charge is 0.346 e. The Morgan fingerprint density at radius 3 is 2.75 bits per heavy atom. The van der Waals surface area contributed by atoms with Gasteiger partial charge in [0.1, 0.15) is 0 Å². The molecule has 0 aliphatic carbocycles. The monoisotopic (exact) mass is 288 g/mol. The standard InChI is InChI=1S/C15H20N4S/c1-11-5-6-12(2)14(9-11)16-15(20)18(3)10-13-7-8-19(4)17-13/h5-9H,10H2,1-4H3,(H,16,20). The van der Waals surface area contributed by atoms with E-state index in [1.165, 1.54) is 11.1 Å². The van der Waals surface area contributed by atoms with Gasteiger partial charge < -0.3 is 10.2 Å². The molecule has 0 atom stereocenters. The molecule has 5 heteroatoms. The number of aromatic nitrogens is 2. The summed E-state index contributed by atoms with van der Waals surface area (Å²) in [6.45, 7) is 4.84. The smallest absolute Gasteiger partial charge is 0.173 e. The van der Waals surface area contributed by atoms with Gasteiger partial charge in [0.05, 0.1) is 12.2 Å². The minimum absolute atomic E-state index is 0.692. The Hall–Kier alpha value is -1.88. The van der Waals surface area contributed by atoms with Crippen molar-refractivity contribution in [3.05, 3.63) is 47.3 Å². The fraction of sp³-hybridized carbons (Fsp3) is 0.333. The van der Waals surface area contributed by atoms with Crippen LogP contribution in [0.3, 0.4) is 0 Å². The van der Waals surface area contributed by atoms with Gasteiger partial charge in [-0.3, -0.25) is 4.68 Å². The zero-order chi connectivity index (χ0) is 14.7. The topological polar surface area (TPSA) is 33.1 Å². The minimum atomic E-state index is 0.692. The fourth-order valence-corrected chi connectivity index (χ4v) is 2.12. The Kier molecular flexibility index (Phi) is 4.39. The maximum Gasteiger partial charge on any atom is 0.173 e. The van der Waals surface area contributed by atoms with Gasteiger partial charge in [0.15, 0.2) is 5.11 Å². The van der Waals surface area contributed by atoms with Gasteiger partial charge >= 0.3 is 0 Å². The van der Waals surface area contributed by atoms with Crippen molar-refractivity contribution < 1.29 is 0 Å². The zero-order valence-electron chi connectivity index (χ0n) is 12.3. The van der Waals surface area contributed by atoms with Crippen LogP contribution in [-0.2, 0) is 13.6 Å². The van der Waals surface area contributed by atoms with Gasteiger partial charge in [-0.15, -0.1) is 0 Å². The molecule has 0 spiro atoms. The lowest BCUT2D eigenvalue weighted by Gasteiger charge is -2.21. The Bertz CT molecular complexity index is 618. The van der Waals surface area contributed by atoms with E-state index < -0.39 is 0 Å². The third kappa shape index (κ3) is 3.57. The molecule has 2 aromatic rings. The summed E-state index contributed by atoms with van der Waals surface area (Å²) in [5.41, 5.74) is 4.46. The highest BCUT2D eigenvalue weighted by molar-refractivity contribution is 7.80. The molecule has 0 unspecified atom stereocenters. The first kappa shape index (κ1) is 14.5. The lowest BCUT2D eigenvalue weighted by atomic mass is 10.1. The number of nitrogens with one attached hydrogen (secondary N) is 1. The fourth-order valence-electron chi connectivity index (χ4n) is 1.94. The number of nitrogens with zero attached hydrogens (tertiary/aromatic N) is 3. The predicted octanol–water partition coefficient (Wildman–Crippen LogP) is 2.87. The molecule has 1 aromatic carbocycles. The van der Waals surface area contributed by atoms with Crippen molar-refractivity contribution in [1.29, 1.82) is 0 Å². The summed E-state index contributed by atoms with van der Waals surface area (Å²) in [4.78, 5) is 1.99. The van der Waals surface area contributed by atoms with Gasteiger partial charge in [-0.1, -0.05) is 12.1 Å². The van der Waals surface area contributed by atoms with E-state index in [4.69, 9.17) is 12.2 Å². The Morgan fingerprint density at radius 1 is 1.35 bits per heavy atom. The van der Waals surface area contributed by atoms with E-state index in [1.807, 2.05) is 31.3 Å². The van der Waals surface area contributed by atoms with Crippen LogP contribution in [0.4, 0.5) is 5.69 Å². The molecule has 0 fully saturated rings. The summed E-state index contributed by atoms with van der Waals surface area (Å²) in [6.07, 6.45) is 1.93. The van der Waals surface area contributed by atoms with E-state index in [1.54, 1.807) is 4.68 Å². The van der Waals surface area contributed by atoms with Crippen LogP contribution in [0.5, 0.6) is 0 Å². The molecule has 0 radical (unpaired) electrons. The number of benzene rings is 1. The molecule has 0 saturated carbocycles. The molecule has 1 N–H and O–H groups in total. The summed E-state index contributed by atoms with van der Waals surface area (Å²) >= 11 is 5.45. The quantitative estimate of drug-likeness (QED) is 0.881.